The first-order chi connectivity index (χ1) is 5.67. The van der Waals surface area contributed by atoms with Gasteiger partial charge in [-0.3, -0.25) is 0 Å². The summed E-state index contributed by atoms with van der Waals surface area (Å²) in [4.78, 5) is 0. The first kappa shape index (κ1) is 13.1. The van der Waals surface area contributed by atoms with Crippen LogP contribution in [0.1, 0.15) is 12.8 Å². The monoisotopic (exact) mass is 230 g/mol. The van der Waals surface area contributed by atoms with Crippen molar-refractivity contribution in [1.82, 2.24) is 10.8 Å². The zero-order chi connectivity index (χ0) is 9.03. The molecule has 13 heavy (non-hydrogen) atoms. The average molecular weight is 231 g/mol. The summed E-state index contributed by atoms with van der Waals surface area (Å²) in [6.45, 7) is 1.49. The Kier molecular flexibility index (Phi) is 5.82. The minimum Gasteiger partial charge on any atom is -0.317 e. The van der Waals surface area contributed by atoms with Crippen LogP contribution in [-0.4, -0.2) is 33.8 Å². The molecule has 1 aliphatic rings. The smallest absolute Gasteiger partial charge is 0.286 e. The molecule has 1 fully saturated rings. The molecule has 0 aromatic heterocycles. The van der Waals surface area contributed by atoms with E-state index in [0.717, 1.165) is 13.1 Å². The molecule has 0 bridgehead atoms. The molecule has 0 aromatic carbocycles. The number of hydrogen-bond donors (Lipinski definition) is 2. The van der Waals surface area contributed by atoms with Crippen LogP contribution in [0.25, 0.3) is 0 Å². The zero-order valence-electron chi connectivity index (χ0n) is 7.45. The van der Waals surface area contributed by atoms with Crippen molar-refractivity contribution in [2.75, 3.05) is 20.1 Å². The Bertz CT molecular complexity index is 226. The van der Waals surface area contributed by atoms with E-state index in [1.807, 2.05) is 0 Å². The van der Waals surface area contributed by atoms with Gasteiger partial charge in [-0.15, -0.1) is 12.4 Å². The second-order valence-corrected chi connectivity index (χ2v) is 4.55. The largest absolute Gasteiger partial charge is 0.317 e. The van der Waals surface area contributed by atoms with Crippen LogP contribution in [0.2, 0.25) is 0 Å². The normalized spacial score (nSPS) is 19.5. The van der Waals surface area contributed by atoms with Crippen molar-refractivity contribution in [2.45, 2.75) is 18.1 Å². The minimum atomic E-state index is -3.38. The molecule has 1 heterocycles. The summed E-state index contributed by atoms with van der Waals surface area (Å²) in [5, 5.41) is 2.73. The fourth-order valence-corrected chi connectivity index (χ4v) is 2.45. The predicted octanol–water partition coefficient (Wildman–Crippen LogP) is -0.359. The van der Waals surface area contributed by atoms with Gasteiger partial charge in [-0.25, -0.2) is 0 Å². The van der Waals surface area contributed by atoms with Crippen molar-refractivity contribution in [2.24, 2.45) is 0 Å². The minimum absolute atomic E-state index is 0. The molecule has 0 amide bonds. The van der Waals surface area contributed by atoms with Gasteiger partial charge in [0, 0.05) is 7.05 Å². The van der Waals surface area contributed by atoms with Crippen molar-refractivity contribution in [3.8, 4) is 0 Å². The van der Waals surface area contributed by atoms with E-state index in [1.165, 1.54) is 7.05 Å². The summed E-state index contributed by atoms with van der Waals surface area (Å²) in [5.74, 6) is 0. The van der Waals surface area contributed by atoms with Gasteiger partial charge in [-0.2, -0.15) is 18.2 Å². The van der Waals surface area contributed by atoms with E-state index in [2.05, 4.69) is 15.1 Å². The van der Waals surface area contributed by atoms with Gasteiger partial charge in [-0.1, -0.05) is 0 Å². The Morgan fingerprint density at radius 3 is 2.38 bits per heavy atom. The highest BCUT2D eigenvalue weighted by Gasteiger charge is 2.27. The molecule has 0 spiro atoms. The summed E-state index contributed by atoms with van der Waals surface area (Å²) in [5.41, 5.74) is 2.20. The van der Waals surface area contributed by atoms with Crippen LogP contribution in [-0.2, 0) is 14.4 Å². The number of halogens is 1. The molecule has 5 nitrogen and oxygen atoms in total. The summed E-state index contributed by atoms with van der Waals surface area (Å²) in [7, 11) is -1.94. The Hall–Kier alpha value is 0.120. The molecule has 80 valence electrons. The molecular weight excluding hydrogens is 216 g/mol. The zero-order valence-corrected chi connectivity index (χ0v) is 9.08. The van der Waals surface area contributed by atoms with Gasteiger partial charge in [0.1, 0.15) is 0 Å². The van der Waals surface area contributed by atoms with E-state index in [1.54, 1.807) is 0 Å². The molecule has 7 heteroatoms. The lowest BCUT2D eigenvalue weighted by Gasteiger charge is -2.21. The number of hydroxylamine groups is 1. The molecule has 0 unspecified atom stereocenters. The summed E-state index contributed by atoms with van der Waals surface area (Å²) in [6.07, 6.45) is 1.26. The molecule has 2 N–H and O–H groups in total. The summed E-state index contributed by atoms with van der Waals surface area (Å²) < 4.78 is 27.0. The Balaban J connectivity index is 0.00000144. The van der Waals surface area contributed by atoms with Crippen LogP contribution in [0.3, 0.4) is 0 Å². The number of hydrogen-bond acceptors (Lipinski definition) is 5. The van der Waals surface area contributed by atoms with Crippen molar-refractivity contribution in [3.05, 3.63) is 0 Å². The lowest BCUT2D eigenvalue weighted by Crippen LogP contribution is -2.37. The van der Waals surface area contributed by atoms with Crippen LogP contribution < -0.4 is 10.8 Å². The molecule has 0 aliphatic carbocycles. The third-order valence-electron chi connectivity index (χ3n) is 1.89. The predicted molar refractivity (Wildman–Crippen MR) is 52.2 cm³/mol. The van der Waals surface area contributed by atoms with E-state index >= 15 is 0 Å². The van der Waals surface area contributed by atoms with Crippen molar-refractivity contribution >= 4 is 22.5 Å². The third kappa shape index (κ3) is 3.78. The maximum Gasteiger partial charge on any atom is 0.286 e. The molecule has 0 radical (unpaired) electrons. The maximum atomic E-state index is 11.3. The molecule has 0 saturated carbocycles. The fourth-order valence-electron chi connectivity index (χ4n) is 1.27. The highest BCUT2D eigenvalue weighted by molar-refractivity contribution is 7.87. The average Bonchev–Trinajstić information content (AvgIpc) is 2.06. The summed E-state index contributed by atoms with van der Waals surface area (Å²) >= 11 is 0. The lowest BCUT2D eigenvalue weighted by molar-refractivity contribution is 0.223. The Labute approximate surface area is 84.7 Å². The Morgan fingerprint density at radius 2 is 1.92 bits per heavy atom. The molecule has 1 saturated heterocycles. The molecule has 1 rings (SSSR count). The number of rotatable bonds is 3. The van der Waals surface area contributed by atoms with Gasteiger partial charge in [0.05, 0.1) is 5.25 Å². The van der Waals surface area contributed by atoms with Crippen molar-refractivity contribution < 1.29 is 12.7 Å². The highest BCUT2D eigenvalue weighted by Crippen LogP contribution is 2.13. The molecular formula is C6H15ClN2O3S. The SMILES string of the molecule is CNOS(=O)(=O)C1CCNCC1.Cl. The van der Waals surface area contributed by atoms with Crippen molar-refractivity contribution in [3.63, 3.8) is 0 Å². The van der Waals surface area contributed by atoms with E-state index < -0.39 is 10.1 Å². The fraction of sp³-hybridized carbons (Fsp3) is 1.00. The van der Waals surface area contributed by atoms with Gasteiger partial charge < -0.3 is 5.32 Å². The molecule has 0 aromatic rings. The first-order valence-corrected chi connectivity index (χ1v) is 5.43. The first-order valence-electron chi connectivity index (χ1n) is 3.96. The van der Waals surface area contributed by atoms with Gasteiger partial charge in [0.25, 0.3) is 10.1 Å². The standard InChI is InChI=1S/C6H14N2O3S.ClH/c1-7-11-12(9,10)6-2-4-8-5-3-6;/h6-8H,2-5H2,1H3;1H. The second-order valence-electron chi connectivity index (χ2n) is 2.73. The van der Waals surface area contributed by atoms with Crippen molar-refractivity contribution in [1.29, 1.82) is 0 Å². The Morgan fingerprint density at radius 1 is 1.38 bits per heavy atom. The van der Waals surface area contributed by atoms with E-state index in [0.29, 0.717) is 12.8 Å². The summed E-state index contributed by atoms with van der Waals surface area (Å²) in [6, 6.07) is 0. The van der Waals surface area contributed by atoms with E-state index in [-0.39, 0.29) is 17.7 Å². The maximum absolute atomic E-state index is 11.3. The highest BCUT2D eigenvalue weighted by atomic mass is 35.5. The number of nitrogens with one attached hydrogen (secondary N) is 2. The van der Waals surface area contributed by atoms with Crippen LogP contribution >= 0.6 is 12.4 Å². The van der Waals surface area contributed by atoms with E-state index in [4.69, 9.17) is 0 Å². The van der Waals surface area contributed by atoms with Gasteiger partial charge in [-0.05, 0) is 25.9 Å². The lowest BCUT2D eigenvalue weighted by atomic mass is 10.2. The number of piperidine rings is 1. The van der Waals surface area contributed by atoms with E-state index in [9.17, 15) is 8.42 Å². The molecule has 1 aliphatic heterocycles. The van der Waals surface area contributed by atoms with Gasteiger partial charge >= 0.3 is 0 Å². The third-order valence-corrected chi connectivity index (χ3v) is 3.58. The quantitative estimate of drug-likeness (QED) is 0.649. The van der Waals surface area contributed by atoms with Gasteiger partial charge in [0.15, 0.2) is 0 Å². The van der Waals surface area contributed by atoms with Crippen LogP contribution in [0.15, 0.2) is 0 Å². The molecule has 0 atom stereocenters. The topological polar surface area (TPSA) is 67.4 Å². The second kappa shape index (κ2) is 5.77. The van der Waals surface area contributed by atoms with Gasteiger partial charge in [0.2, 0.25) is 0 Å². The van der Waals surface area contributed by atoms with Crippen LogP contribution in [0.4, 0.5) is 0 Å². The van der Waals surface area contributed by atoms with Crippen LogP contribution in [0.5, 0.6) is 0 Å². The van der Waals surface area contributed by atoms with Crippen LogP contribution in [0, 0.1) is 0 Å².